The van der Waals surface area contributed by atoms with E-state index in [0.29, 0.717) is 0 Å². The standard InChI is InChI=1S/C4H9NO/c1-2-4(6)3-5/h2,4,6H,1,3,5H2. The molecular formula is C4H9NO. The highest BCUT2D eigenvalue weighted by Gasteiger charge is 1.86. The third-order valence-corrected chi connectivity index (χ3v) is 0.514. The van der Waals surface area contributed by atoms with Crippen LogP contribution in [-0.4, -0.2) is 17.8 Å². The molecule has 0 radical (unpaired) electrons. The molecule has 0 aromatic carbocycles. The van der Waals surface area contributed by atoms with E-state index in [-0.39, 0.29) is 6.54 Å². The molecule has 3 N–H and O–H groups in total. The zero-order valence-corrected chi connectivity index (χ0v) is 3.59. The first-order valence-corrected chi connectivity index (χ1v) is 1.82. The first-order valence-electron chi connectivity index (χ1n) is 1.82. The fourth-order valence-corrected chi connectivity index (χ4v) is 0.0962. The molecule has 36 valence electrons. The number of nitrogens with two attached hydrogens (primary N) is 1. The van der Waals surface area contributed by atoms with E-state index in [2.05, 4.69) is 6.58 Å². The van der Waals surface area contributed by atoms with Crippen LogP contribution in [-0.2, 0) is 0 Å². The van der Waals surface area contributed by atoms with Gasteiger partial charge in [0, 0.05) is 6.54 Å². The first-order chi connectivity index (χ1) is 2.81. The summed E-state index contributed by atoms with van der Waals surface area (Å²) in [5, 5.41) is 8.42. The number of hydrogen-bond acceptors (Lipinski definition) is 2. The lowest BCUT2D eigenvalue weighted by atomic mass is 10.4. The molecule has 0 aliphatic rings. The van der Waals surface area contributed by atoms with Gasteiger partial charge < -0.3 is 10.8 Å². The van der Waals surface area contributed by atoms with Gasteiger partial charge >= 0.3 is 0 Å². The molecule has 0 amide bonds. The van der Waals surface area contributed by atoms with Crippen LogP contribution in [0.25, 0.3) is 0 Å². The van der Waals surface area contributed by atoms with Gasteiger partial charge in [0.2, 0.25) is 0 Å². The molecule has 0 bridgehead atoms. The van der Waals surface area contributed by atoms with E-state index >= 15 is 0 Å². The van der Waals surface area contributed by atoms with Crippen LogP contribution in [0.2, 0.25) is 0 Å². The predicted octanol–water partition coefficient (Wildman–Crippen LogP) is -0.508. The van der Waals surface area contributed by atoms with Crippen molar-refractivity contribution in [1.29, 1.82) is 0 Å². The van der Waals surface area contributed by atoms with E-state index < -0.39 is 6.10 Å². The zero-order chi connectivity index (χ0) is 4.99. The van der Waals surface area contributed by atoms with Gasteiger partial charge in [-0.15, -0.1) is 6.58 Å². The summed E-state index contributed by atoms with van der Waals surface area (Å²) in [7, 11) is 0. The van der Waals surface area contributed by atoms with Crippen molar-refractivity contribution >= 4 is 0 Å². The summed E-state index contributed by atoms with van der Waals surface area (Å²) in [5.74, 6) is 0. The highest BCUT2D eigenvalue weighted by molar-refractivity contribution is 4.77. The van der Waals surface area contributed by atoms with Crippen molar-refractivity contribution in [3.8, 4) is 0 Å². The zero-order valence-electron chi connectivity index (χ0n) is 3.59. The number of hydrogen-bond donors (Lipinski definition) is 2. The third-order valence-electron chi connectivity index (χ3n) is 0.514. The molecule has 0 aromatic heterocycles. The Morgan fingerprint density at radius 2 is 2.50 bits per heavy atom. The van der Waals surface area contributed by atoms with E-state index in [9.17, 15) is 0 Å². The van der Waals surface area contributed by atoms with Crippen molar-refractivity contribution in [1.82, 2.24) is 0 Å². The fraction of sp³-hybridized carbons (Fsp3) is 0.500. The molecule has 1 atom stereocenters. The SMILES string of the molecule is C=CC(O)CN. The van der Waals surface area contributed by atoms with Crippen LogP contribution in [0.3, 0.4) is 0 Å². The van der Waals surface area contributed by atoms with Gasteiger partial charge in [-0.05, 0) is 0 Å². The Balaban J connectivity index is 2.96. The Hall–Kier alpha value is -0.340. The number of aliphatic hydroxyl groups excluding tert-OH is 1. The molecule has 0 rings (SSSR count). The summed E-state index contributed by atoms with van der Waals surface area (Å²) in [6.45, 7) is 3.57. The molecule has 1 unspecified atom stereocenters. The second-order valence-corrected chi connectivity index (χ2v) is 1.04. The van der Waals surface area contributed by atoms with Crippen molar-refractivity contribution in [3.63, 3.8) is 0 Å². The predicted molar refractivity (Wildman–Crippen MR) is 25.3 cm³/mol. The normalized spacial score (nSPS) is 13.7. The quantitative estimate of drug-likeness (QED) is 0.446. The molecule has 0 aliphatic heterocycles. The van der Waals surface area contributed by atoms with Crippen LogP contribution < -0.4 is 5.73 Å². The van der Waals surface area contributed by atoms with E-state index in [0.717, 1.165) is 0 Å². The Morgan fingerprint density at radius 3 is 2.50 bits per heavy atom. The molecule has 0 saturated heterocycles. The maximum atomic E-state index is 8.42. The van der Waals surface area contributed by atoms with Crippen molar-refractivity contribution in [2.75, 3.05) is 6.54 Å². The van der Waals surface area contributed by atoms with Crippen molar-refractivity contribution in [2.24, 2.45) is 5.73 Å². The molecule has 0 fully saturated rings. The van der Waals surface area contributed by atoms with Crippen LogP contribution in [0, 0.1) is 0 Å². The topological polar surface area (TPSA) is 46.2 Å². The van der Waals surface area contributed by atoms with Crippen LogP contribution in [0.4, 0.5) is 0 Å². The Bertz CT molecular complexity index is 44.8. The van der Waals surface area contributed by atoms with E-state index in [1.165, 1.54) is 6.08 Å². The van der Waals surface area contributed by atoms with E-state index in [1.807, 2.05) is 0 Å². The van der Waals surface area contributed by atoms with Gasteiger partial charge in [-0.1, -0.05) is 6.08 Å². The maximum absolute atomic E-state index is 8.42. The van der Waals surface area contributed by atoms with Crippen LogP contribution in [0.5, 0.6) is 0 Å². The largest absolute Gasteiger partial charge is 0.388 e. The summed E-state index contributed by atoms with van der Waals surface area (Å²) in [6, 6.07) is 0. The maximum Gasteiger partial charge on any atom is 0.0840 e. The Morgan fingerprint density at radius 1 is 2.00 bits per heavy atom. The number of rotatable bonds is 2. The lowest BCUT2D eigenvalue weighted by molar-refractivity contribution is 0.232. The minimum absolute atomic E-state index is 0.267. The highest BCUT2D eigenvalue weighted by atomic mass is 16.3. The minimum atomic E-state index is -0.523. The van der Waals surface area contributed by atoms with Gasteiger partial charge in [0.15, 0.2) is 0 Å². The van der Waals surface area contributed by atoms with Gasteiger partial charge in [-0.25, -0.2) is 0 Å². The lowest BCUT2D eigenvalue weighted by Crippen LogP contribution is -2.15. The van der Waals surface area contributed by atoms with E-state index in [4.69, 9.17) is 10.8 Å². The smallest absolute Gasteiger partial charge is 0.0840 e. The summed E-state index contributed by atoms with van der Waals surface area (Å²) < 4.78 is 0. The van der Waals surface area contributed by atoms with Gasteiger partial charge in [-0.2, -0.15) is 0 Å². The molecule has 6 heavy (non-hydrogen) atoms. The summed E-state index contributed by atoms with van der Waals surface area (Å²) in [6.07, 6.45) is 0.880. The summed E-state index contributed by atoms with van der Waals surface area (Å²) >= 11 is 0. The Kier molecular flexibility index (Phi) is 2.71. The highest BCUT2D eigenvalue weighted by Crippen LogP contribution is 1.73. The average Bonchev–Trinajstić information content (AvgIpc) is 1.65. The Labute approximate surface area is 37.3 Å². The fourth-order valence-electron chi connectivity index (χ4n) is 0.0962. The molecule has 0 aromatic rings. The summed E-state index contributed by atoms with van der Waals surface area (Å²) in [5.41, 5.74) is 4.96. The van der Waals surface area contributed by atoms with Crippen molar-refractivity contribution in [2.45, 2.75) is 6.10 Å². The average molecular weight is 87.1 g/mol. The molecule has 2 nitrogen and oxygen atoms in total. The second-order valence-electron chi connectivity index (χ2n) is 1.04. The first kappa shape index (κ1) is 5.66. The molecule has 2 heteroatoms. The van der Waals surface area contributed by atoms with Crippen molar-refractivity contribution in [3.05, 3.63) is 12.7 Å². The van der Waals surface area contributed by atoms with Crippen molar-refractivity contribution < 1.29 is 5.11 Å². The van der Waals surface area contributed by atoms with Gasteiger partial charge in [0.1, 0.15) is 0 Å². The van der Waals surface area contributed by atoms with E-state index in [1.54, 1.807) is 0 Å². The van der Waals surface area contributed by atoms with Crippen LogP contribution in [0.15, 0.2) is 12.7 Å². The minimum Gasteiger partial charge on any atom is -0.388 e. The molecule has 0 saturated carbocycles. The van der Waals surface area contributed by atoms with Crippen LogP contribution in [0.1, 0.15) is 0 Å². The monoisotopic (exact) mass is 87.1 g/mol. The molecule has 0 aliphatic carbocycles. The molecule has 0 heterocycles. The van der Waals surface area contributed by atoms with Gasteiger partial charge in [0.25, 0.3) is 0 Å². The van der Waals surface area contributed by atoms with Crippen LogP contribution >= 0.6 is 0 Å². The lowest BCUT2D eigenvalue weighted by Gasteiger charge is -1.93. The number of aliphatic hydroxyl groups is 1. The third kappa shape index (κ3) is 1.93. The molecular weight excluding hydrogens is 78.1 g/mol. The van der Waals surface area contributed by atoms with Gasteiger partial charge in [-0.3, -0.25) is 0 Å². The van der Waals surface area contributed by atoms with Gasteiger partial charge in [0.05, 0.1) is 6.10 Å². The molecule has 0 spiro atoms. The summed E-state index contributed by atoms with van der Waals surface area (Å²) in [4.78, 5) is 0. The second kappa shape index (κ2) is 2.87.